The van der Waals surface area contributed by atoms with Crippen LogP contribution < -0.4 is 10.5 Å². The van der Waals surface area contributed by atoms with Crippen molar-refractivity contribution < 1.29 is 4.74 Å². The first-order valence-corrected chi connectivity index (χ1v) is 8.31. The zero-order valence-electron chi connectivity index (χ0n) is 12.8. The Hall–Kier alpha value is -1.02. The van der Waals surface area contributed by atoms with Crippen molar-refractivity contribution in [3.05, 3.63) is 29.8 Å². The Balaban J connectivity index is 1.90. The van der Waals surface area contributed by atoms with Crippen LogP contribution in [0.25, 0.3) is 0 Å². The molecule has 2 N–H and O–H groups in total. The van der Waals surface area contributed by atoms with Crippen LogP contribution in [0.3, 0.4) is 0 Å². The number of unbranched alkanes of at least 4 members (excludes halogenated alkanes) is 1. The molecule has 2 heteroatoms. The second-order valence-corrected chi connectivity index (χ2v) is 6.06. The summed E-state index contributed by atoms with van der Waals surface area (Å²) in [5.74, 6) is 0.978. The van der Waals surface area contributed by atoms with Gasteiger partial charge in [0.15, 0.2) is 0 Å². The molecule has 112 valence electrons. The summed E-state index contributed by atoms with van der Waals surface area (Å²) in [5.41, 5.74) is 7.67. The van der Waals surface area contributed by atoms with Crippen LogP contribution in [0.15, 0.2) is 24.3 Å². The molecule has 0 heterocycles. The molecule has 2 unspecified atom stereocenters. The number of aryl methyl sites for hydroxylation is 1. The van der Waals surface area contributed by atoms with E-state index in [2.05, 4.69) is 31.2 Å². The van der Waals surface area contributed by atoms with Gasteiger partial charge in [0.2, 0.25) is 0 Å². The van der Waals surface area contributed by atoms with Crippen molar-refractivity contribution in [2.45, 2.75) is 76.9 Å². The average Bonchev–Trinajstić information content (AvgIpc) is 2.46. The third-order valence-electron chi connectivity index (χ3n) is 4.28. The monoisotopic (exact) mass is 275 g/mol. The summed E-state index contributed by atoms with van der Waals surface area (Å²) in [6.45, 7) is 2.23. The molecule has 0 radical (unpaired) electrons. The molecular formula is C18H29NO. The lowest BCUT2D eigenvalue weighted by Gasteiger charge is -2.27. The highest BCUT2D eigenvalue weighted by atomic mass is 16.5. The molecule has 0 amide bonds. The molecule has 20 heavy (non-hydrogen) atoms. The molecule has 2 atom stereocenters. The van der Waals surface area contributed by atoms with Crippen LogP contribution in [0.2, 0.25) is 0 Å². The summed E-state index contributed by atoms with van der Waals surface area (Å²) >= 11 is 0. The van der Waals surface area contributed by atoms with Crippen molar-refractivity contribution in [1.29, 1.82) is 0 Å². The van der Waals surface area contributed by atoms with Gasteiger partial charge in [-0.1, -0.05) is 44.7 Å². The second-order valence-electron chi connectivity index (χ2n) is 6.06. The maximum Gasteiger partial charge on any atom is 0.119 e. The van der Waals surface area contributed by atoms with Crippen LogP contribution in [0.5, 0.6) is 5.75 Å². The van der Waals surface area contributed by atoms with E-state index in [0.717, 1.165) is 18.6 Å². The minimum absolute atomic E-state index is 0.190. The molecule has 0 spiro atoms. The van der Waals surface area contributed by atoms with Gasteiger partial charge in [-0.05, 0) is 49.8 Å². The predicted molar refractivity (Wildman–Crippen MR) is 85.1 cm³/mol. The van der Waals surface area contributed by atoms with Crippen molar-refractivity contribution in [3.8, 4) is 5.75 Å². The largest absolute Gasteiger partial charge is 0.489 e. The van der Waals surface area contributed by atoms with E-state index in [1.54, 1.807) is 0 Å². The number of hydrogen-bond donors (Lipinski definition) is 1. The van der Waals surface area contributed by atoms with Gasteiger partial charge in [0, 0.05) is 6.04 Å². The van der Waals surface area contributed by atoms with E-state index in [-0.39, 0.29) is 12.1 Å². The van der Waals surface area contributed by atoms with Crippen LogP contribution in [-0.4, -0.2) is 12.1 Å². The first-order chi connectivity index (χ1) is 9.79. The minimum atomic E-state index is 0.190. The van der Waals surface area contributed by atoms with Gasteiger partial charge in [-0.25, -0.2) is 0 Å². The Morgan fingerprint density at radius 2 is 1.75 bits per heavy atom. The summed E-state index contributed by atoms with van der Waals surface area (Å²) in [7, 11) is 0. The SMILES string of the molecule is CCCCc1ccc(OC2CCCCCCC2N)cc1. The molecule has 1 fully saturated rings. The zero-order chi connectivity index (χ0) is 14.2. The molecule has 0 saturated heterocycles. The van der Waals surface area contributed by atoms with Crippen LogP contribution in [0.4, 0.5) is 0 Å². The molecule has 1 aliphatic rings. The normalized spacial score (nSPS) is 23.9. The van der Waals surface area contributed by atoms with Crippen LogP contribution in [0, 0.1) is 0 Å². The van der Waals surface area contributed by atoms with Crippen LogP contribution in [0.1, 0.15) is 63.9 Å². The van der Waals surface area contributed by atoms with Crippen molar-refractivity contribution in [2.24, 2.45) is 5.73 Å². The van der Waals surface area contributed by atoms with Gasteiger partial charge in [0.05, 0.1) is 0 Å². The highest BCUT2D eigenvalue weighted by Crippen LogP contribution is 2.22. The minimum Gasteiger partial charge on any atom is -0.489 e. The molecule has 1 aromatic rings. The van der Waals surface area contributed by atoms with E-state index in [0.29, 0.717) is 0 Å². The average molecular weight is 275 g/mol. The first kappa shape index (κ1) is 15.4. The van der Waals surface area contributed by atoms with Gasteiger partial charge < -0.3 is 10.5 Å². The summed E-state index contributed by atoms with van der Waals surface area (Å²) in [4.78, 5) is 0. The Bertz CT molecular complexity index is 374. The van der Waals surface area contributed by atoms with Gasteiger partial charge >= 0.3 is 0 Å². The van der Waals surface area contributed by atoms with E-state index >= 15 is 0 Å². The Morgan fingerprint density at radius 3 is 2.45 bits per heavy atom. The standard InChI is InChI=1S/C18H29NO/c1-2-3-8-15-11-13-16(14-12-15)20-18-10-7-5-4-6-9-17(18)19/h11-14,17-18H,2-10,19H2,1H3. The van der Waals surface area contributed by atoms with Crippen LogP contribution in [-0.2, 0) is 6.42 Å². The van der Waals surface area contributed by atoms with E-state index < -0.39 is 0 Å². The van der Waals surface area contributed by atoms with E-state index in [4.69, 9.17) is 10.5 Å². The third kappa shape index (κ3) is 4.82. The summed E-state index contributed by atoms with van der Waals surface area (Å²) in [5, 5.41) is 0. The van der Waals surface area contributed by atoms with Crippen LogP contribution >= 0.6 is 0 Å². The molecule has 0 aliphatic heterocycles. The van der Waals surface area contributed by atoms with Gasteiger partial charge in [-0.3, -0.25) is 0 Å². The molecular weight excluding hydrogens is 246 g/mol. The number of ether oxygens (including phenoxy) is 1. The molecule has 0 aromatic heterocycles. The third-order valence-corrected chi connectivity index (χ3v) is 4.28. The zero-order valence-corrected chi connectivity index (χ0v) is 12.8. The maximum absolute atomic E-state index is 6.27. The fraction of sp³-hybridized carbons (Fsp3) is 0.667. The lowest BCUT2D eigenvalue weighted by Crippen LogP contribution is -2.39. The van der Waals surface area contributed by atoms with Crippen molar-refractivity contribution in [2.75, 3.05) is 0 Å². The first-order valence-electron chi connectivity index (χ1n) is 8.31. The summed E-state index contributed by atoms with van der Waals surface area (Å²) in [6.07, 6.45) is 11.2. The smallest absolute Gasteiger partial charge is 0.119 e. The van der Waals surface area contributed by atoms with Gasteiger partial charge in [0.1, 0.15) is 11.9 Å². The lowest BCUT2D eigenvalue weighted by molar-refractivity contribution is 0.145. The topological polar surface area (TPSA) is 35.2 Å². The van der Waals surface area contributed by atoms with E-state index in [1.165, 1.54) is 50.5 Å². The fourth-order valence-corrected chi connectivity index (χ4v) is 2.92. The maximum atomic E-state index is 6.27. The van der Waals surface area contributed by atoms with Crippen molar-refractivity contribution in [3.63, 3.8) is 0 Å². The Morgan fingerprint density at radius 1 is 1.05 bits per heavy atom. The Kier molecular flexibility index (Phi) is 6.38. The quantitative estimate of drug-likeness (QED) is 0.861. The summed E-state index contributed by atoms with van der Waals surface area (Å²) < 4.78 is 6.14. The number of rotatable bonds is 5. The number of nitrogens with two attached hydrogens (primary N) is 1. The van der Waals surface area contributed by atoms with Gasteiger partial charge in [-0.15, -0.1) is 0 Å². The highest BCUT2D eigenvalue weighted by Gasteiger charge is 2.20. The van der Waals surface area contributed by atoms with Crippen molar-refractivity contribution in [1.82, 2.24) is 0 Å². The van der Waals surface area contributed by atoms with Gasteiger partial charge in [-0.2, -0.15) is 0 Å². The fourth-order valence-electron chi connectivity index (χ4n) is 2.92. The number of hydrogen-bond acceptors (Lipinski definition) is 2. The van der Waals surface area contributed by atoms with Gasteiger partial charge in [0.25, 0.3) is 0 Å². The lowest BCUT2D eigenvalue weighted by atomic mass is 9.95. The van der Waals surface area contributed by atoms with E-state index in [9.17, 15) is 0 Å². The number of benzene rings is 1. The van der Waals surface area contributed by atoms with E-state index in [1.807, 2.05) is 0 Å². The second kappa shape index (κ2) is 8.31. The highest BCUT2D eigenvalue weighted by molar-refractivity contribution is 5.27. The molecule has 1 aromatic carbocycles. The molecule has 1 saturated carbocycles. The predicted octanol–water partition coefficient (Wildman–Crippen LogP) is 4.46. The molecule has 1 aliphatic carbocycles. The summed E-state index contributed by atoms with van der Waals surface area (Å²) in [6, 6.07) is 8.79. The molecule has 2 rings (SSSR count). The van der Waals surface area contributed by atoms with Crippen molar-refractivity contribution >= 4 is 0 Å². The Labute approximate surface area is 123 Å². The molecule has 0 bridgehead atoms. The molecule has 2 nitrogen and oxygen atoms in total.